The molecule has 0 radical (unpaired) electrons. The second kappa shape index (κ2) is 4.94. The van der Waals surface area contributed by atoms with E-state index in [9.17, 15) is 9.59 Å². The highest BCUT2D eigenvalue weighted by Crippen LogP contribution is 2.26. The maximum atomic E-state index is 12.5. The van der Waals surface area contributed by atoms with Crippen LogP contribution < -0.4 is 0 Å². The summed E-state index contributed by atoms with van der Waals surface area (Å²) in [6, 6.07) is 3.93. The molecule has 1 amide bonds. The second-order valence-corrected chi connectivity index (χ2v) is 6.11. The van der Waals surface area contributed by atoms with Crippen LogP contribution in [0, 0.1) is 5.92 Å². The number of amides is 1. The Hall–Kier alpha value is -1.82. The standard InChI is InChI=1S/C14H16N2O3S/c1-15-10-4-7-20-12(10)8-11(15)13(17)16-5-2-9(3-6-16)14(18)19/h4,7-9H,2-3,5-6H2,1H3,(H,18,19). The minimum absolute atomic E-state index is 0.000242. The van der Waals surface area contributed by atoms with Crippen molar-refractivity contribution in [2.75, 3.05) is 13.1 Å². The van der Waals surface area contributed by atoms with Gasteiger partial charge < -0.3 is 14.6 Å². The van der Waals surface area contributed by atoms with Gasteiger partial charge in [0.2, 0.25) is 0 Å². The lowest BCUT2D eigenvalue weighted by Crippen LogP contribution is -2.40. The Bertz CT molecular complexity index is 665. The number of aliphatic carboxylic acids is 1. The highest BCUT2D eigenvalue weighted by Gasteiger charge is 2.28. The summed E-state index contributed by atoms with van der Waals surface area (Å²) < 4.78 is 3.02. The number of piperidine rings is 1. The van der Waals surface area contributed by atoms with Crippen LogP contribution in [0.15, 0.2) is 17.5 Å². The monoisotopic (exact) mass is 292 g/mol. The third-order valence-corrected chi connectivity index (χ3v) is 4.87. The summed E-state index contributed by atoms with van der Waals surface area (Å²) in [4.78, 5) is 25.2. The van der Waals surface area contributed by atoms with E-state index in [0.717, 1.165) is 10.2 Å². The van der Waals surface area contributed by atoms with Gasteiger partial charge in [-0.25, -0.2) is 0 Å². The SMILES string of the molecule is Cn1c(C(=O)N2CCC(C(=O)O)CC2)cc2sccc21. The zero-order valence-electron chi connectivity index (χ0n) is 11.2. The fourth-order valence-corrected chi connectivity index (χ4v) is 3.60. The Morgan fingerprint density at radius 1 is 1.35 bits per heavy atom. The first-order valence-corrected chi connectivity index (χ1v) is 7.51. The quantitative estimate of drug-likeness (QED) is 0.922. The Balaban J connectivity index is 1.78. The van der Waals surface area contributed by atoms with Crippen molar-refractivity contribution in [1.82, 2.24) is 9.47 Å². The van der Waals surface area contributed by atoms with E-state index in [0.29, 0.717) is 31.6 Å². The first kappa shape index (κ1) is 13.2. The van der Waals surface area contributed by atoms with Gasteiger partial charge in [-0.05, 0) is 30.4 Å². The van der Waals surface area contributed by atoms with Crippen molar-refractivity contribution in [3.8, 4) is 0 Å². The van der Waals surface area contributed by atoms with Crippen LogP contribution in [0.5, 0.6) is 0 Å². The Labute approximate surface area is 120 Å². The summed E-state index contributed by atoms with van der Waals surface area (Å²) in [5.74, 6) is -1.06. The van der Waals surface area contributed by atoms with E-state index in [-0.39, 0.29) is 11.8 Å². The molecule has 0 aliphatic carbocycles. The van der Waals surface area contributed by atoms with E-state index >= 15 is 0 Å². The minimum atomic E-state index is -0.753. The summed E-state index contributed by atoms with van der Waals surface area (Å²) in [5.41, 5.74) is 1.75. The van der Waals surface area contributed by atoms with Gasteiger partial charge in [-0.2, -0.15) is 0 Å². The number of nitrogens with zero attached hydrogens (tertiary/aromatic N) is 2. The van der Waals surface area contributed by atoms with Crippen LogP contribution in [-0.2, 0) is 11.8 Å². The molecule has 1 aliphatic rings. The van der Waals surface area contributed by atoms with Crippen LogP contribution in [0.4, 0.5) is 0 Å². The summed E-state index contributed by atoms with van der Waals surface area (Å²) in [6.45, 7) is 1.04. The third-order valence-electron chi connectivity index (χ3n) is 4.01. The van der Waals surface area contributed by atoms with E-state index in [1.54, 1.807) is 16.2 Å². The van der Waals surface area contributed by atoms with E-state index < -0.39 is 5.97 Å². The van der Waals surface area contributed by atoms with Gasteiger partial charge in [0.1, 0.15) is 5.69 Å². The van der Waals surface area contributed by atoms with Crippen LogP contribution in [0.2, 0.25) is 0 Å². The van der Waals surface area contributed by atoms with Crippen LogP contribution in [-0.4, -0.2) is 39.5 Å². The predicted molar refractivity (Wildman–Crippen MR) is 77.1 cm³/mol. The normalized spacial score (nSPS) is 16.8. The van der Waals surface area contributed by atoms with Crippen molar-refractivity contribution in [1.29, 1.82) is 0 Å². The van der Waals surface area contributed by atoms with Crippen molar-refractivity contribution >= 4 is 33.4 Å². The number of hydrogen-bond acceptors (Lipinski definition) is 3. The number of carbonyl (C=O) groups is 2. The molecule has 2 aromatic heterocycles. The van der Waals surface area contributed by atoms with Gasteiger partial charge >= 0.3 is 5.97 Å². The maximum absolute atomic E-state index is 12.5. The van der Waals surface area contributed by atoms with Crippen molar-refractivity contribution in [2.45, 2.75) is 12.8 Å². The van der Waals surface area contributed by atoms with Crippen molar-refractivity contribution in [2.24, 2.45) is 13.0 Å². The molecule has 0 unspecified atom stereocenters. The zero-order chi connectivity index (χ0) is 14.3. The molecule has 1 aliphatic heterocycles. The second-order valence-electron chi connectivity index (χ2n) is 5.16. The highest BCUT2D eigenvalue weighted by atomic mass is 32.1. The molecule has 0 saturated carbocycles. The van der Waals surface area contributed by atoms with Crippen LogP contribution in [0.1, 0.15) is 23.3 Å². The minimum Gasteiger partial charge on any atom is -0.481 e. The van der Waals surface area contributed by atoms with Gasteiger partial charge in [-0.3, -0.25) is 9.59 Å². The van der Waals surface area contributed by atoms with Gasteiger partial charge in [-0.15, -0.1) is 11.3 Å². The molecule has 106 valence electrons. The summed E-state index contributed by atoms with van der Waals surface area (Å²) >= 11 is 1.62. The predicted octanol–water partition coefficient (Wildman–Crippen LogP) is 2.18. The summed E-state index contributed by atoms with van der Waals surface area (Å²) in [5, 5.41) is 11.0. The molecule has 1 fully saturated rings. The Morgan fingerprint density at radius 2 is 2.05 bits per heavy atom. The Morgan fingerprint density at radius 3 is 2.65 bits per heavy atom. The number of fused-ring (bicyclic) bond motifs is 1. The molecular formula is C14H16N2O3S. The number of aryl methyl sites for hydroxylation is 1. The van der Waals surface area contributed by atoms with Crippen LogP contribution in [0.3, 0.4) is 0 Å². The highest BCUT2D eigenvalue weighted by molar-refractivity contribution is 7.17. The van der Waals surface area contributed by atoms with Crippen molar-refractivity contribution in [3.05, 3.63) is 23.2 Å². The van der Waals surface area contributed by atoms with Crippen LogP contribution >= 0.6 is 11.3 Å². The van der Waals surface area contributed by atoms with Gasteiger partial charge in [0, 0.05) is 20.1 Å². The molecule has 2 aromatic rings. The smallest absolute Gasteiger partial charge is 0.306 e. The van der Waals surface area contributed by atoms with Gasteiger partial charge in [0.25, 0.3) is 5.91 Å². The molecule has 3 rings (SSSR count). The molecule has 0 atom stereocenters. The van der Waals surface area contributed by atoms with E-state index in [2.05, 4.69) is 0 Å². The largest absolute Gasteiger partial charge is 0.481 e. The van der Waals surface area contributed by atoms with Gasteiger partial charge in [0.15, 0.2) is 0 Å². The number of carboxylic acid groups (broad SMARTS) is 1. The number of rotatable bonds is 2. The summed E-state index contributed by atoms with van der Waals surface area (Å²) in [7, 11) is 1.90. The molecule has 1 N–H and O–H groups in total. The van der Waals surface area contributed by atoms with Crippen LogP contribution in [0.25, 0.3) is 10.2 Å². The fraction of sp³-hybridized carbons (Fsp3) is 0.429. The molecule has 6 heteroatoms. The molecule has 1 saturated heterocycles. The zero-order valence-corrected chi connectivity index (χ0v) is 12.0. The topological polar surface area (TPSA) is 62.5 Å². The average molecular weight is 292 g/mol. The third kappa shape index (κ3) is 2.10. The van der Waals surface area contributed by atoms with Crippen molar-refractivity contribution in [3.63, 3.8) is 0 Å². The number of carbonyl (C=O) groups excluding carboxylic acids is 1. The first-order valence-electron chi connectivity index (χ1n) is 6.63. The molecule has 20 heavy (non-hydrogen) atoms. The molecule has 5 nitrogen and oxygen atoms in total. The van der Waals surface area contributed by atoms with E-state index in [4.69, 9.17) is 5.11 Å². The lowest BCUT2D eigenvalue weighted by atomic mass is 9.97. The van der Waals surface area contributed by atoms with Gasteiger partial charge in [0.05, 0.1) is 16.1 Å². The molecule has 3 heterocycles. The molecule has 0 spiro atoms. The van der Waals surface area contributed by atoms with E-state index in [1.807, 2.05) is 29.1 Å². The van der Waals surface area contributed by atoms with Crippen molar-refractivity contribution < 1.29 is 14.7 Å². The molecular weight excluding hydrogens is 276 g/mol. The first-order chi connectivity index (χ1) is 9.58. The number of carboxylic acids is 1. The molecule has 0 aromatic carbocycles. The number of thiophene rings is 1. The van der Waals surface area contributed by atoms with E-state index in [1.165, 1.54) is 0 Å². The average Bonchev–Trinajstić information content (AvgIpc) is 3.02. The lowest BCUT2D eigenvalue weighted by molar-refractivity contribution is -0.143. The lowest BCUT2D eigenvalue weighted by Gasteiger charge is -2.30. The maximum Gasteiger partial charge on any atom is 0.306 e. The Kier molecular flexibility index (Phi) is 3.25. The number of aromatic nitrogens is 1. The number of likely N-dealkylation sites (tertiary alicyclic amines) is 1. The number of hydrogen-bond donors (Lipinski definition) is 1. The van der Waals surface area contributed by atoms with Gasteiger partial charge in [-0.1, -0.05) is 0 Å². The molecule has 0 bridgehead atoms. The fourth-order valence-electron chi connectivity index (χ4n) is 2.75. The summed E-state index contributed by atoms with van der Waals surface area (Å²) in [6.07, 6.45) is 1.08.